The second kappa shape index (κ2) is 6.52. The van der Waals surface area contributed by atoms with Crippen molar-refractivity contribution >= 4 is 28.9 Å². The minimum Gasteiger partial charge on any atom is -0.496 e. The van der Waals surface area contributed by atoms with Crippen LogP contribution in [0.4, 0.5) is 11.4 Å². The molecule has 0 saturated heterocycles. The molecule has 0 atom stereocenters. The average molecular weight is 341 g/mol. The van der Waals surface area contributed by atoms with Crippen molar-refractivity contribution in [2.75, 3.05) is 12.0 Å². The lowest BCUT2D eigenvalue weighted by atomic mass is 10.0. The van der Waals surface area contributed by atoms with Crippen molar-refractivity contribution < 1.29 is 9.53 Å². The summed E-state index contributed by atoms with van der Waals surface area (Å²) in [6.07, 6.45) is 1.95. The van der Waals surface area contributed by atoms with Gasteiger partial charge < -0.3 is 4.74 Å². The highest BCUT2D eigenvalue weighted by Crippen LogP contribution is 2.42. The van der Waals surface area contributed by atoms with Gasteiger partial charge in [0.15, 0.2) is 0 Å². The highest BCUT2D eigenvalue weighted by atomic mass is 16.5. The van der Waals surface area contributed by atoms with E-state index < -0.39 is 0 Å². The maximum Gasteiger partial charge on any atom is 0.263 e. The molecule has 0 aliphatic carbocycles. The lowest BCUT2D eigenvalue weighted by Crippen LogP contribution is -2.20. The van der Waals surface area contributed by atoms with E-state index >= 15 is 0 Å². The fraction of sp³-hybridized carbons (Fsp3) is 0.0870. The van der Waals surface area contributed by atoms with Crippen molar-refractivity contribution in [3.8, 4) is 5.75 Å². The van der Waals surface area contributed by atoms with E-state index in [0.29, 0.717) is 5.57 Å². The Hall–Kier alpha value is -3.33. The number of methoxy groups -OCH3 is 1. The Labute approximate surface area is 153 Å². The first-order valence-corrected chi connectivity index (χ1v) is 8.54. The Morgan fingerprint density at radius 3 is 2.38 bits per heavy atom. The Bertz CT molecular complexity index is 1010. The van der Waals surface area contributed by atoms with Crippen LogP contribution in [0.2, 0.25) is 0 Å². The first-order chi connectivity index (χ1) is 12.7. The van der Waals surface area contributed by atoms with Gasteiger partial charge in [-0.25, -0.2) is 0 Å². The summed E-state index contributed by atoms with van der Waals surface area (Å²) in [6.45, 7) is 2.00. The molecule has 1 aliphatic heterocycles. The molecule has 3 heteroatoms. The Kier molecular flexibility index (Phi) is 4.05. The van der Waals surface area contributed by atoms with Gasteiger partial charge in [0.05, 0.1) is 18.4 Å². The van der Waals surface area contributed by atoms with Crippen LogP contribution in [0.25, 0.3) is 11.6 Å². The molecular formula is C23H19NO2. The summed E-state index contributed by atoms with van der Waals surface area (Å²) in [5.74, 6) is 0.835. The van der Waals surface area contributed by atoms with Crippen LogP contribution < -0.4 is 9.64 Å². The predicted octanol–water partition coefficient (Wildman–Crippen LogP) is 5.22. The molecule has 0 N–H and O–H groups in total. The van der Waals surface area contributed by atoms with Gasteiger partial charge in [0.1, 0.15) is 5.75 Å². The molecule has 1 heterocycles. The zero-order chi connectivity index (χ0) is 18.1. The van der Waals surface area contributed by atoms with Crippen molar-refractivity contribution in [1.29, 1.82) is 0 Å². The molecule has 0 aromatic heterocycles. The topological polar surface area (TPSA) is 29.5 Å². The fourth-order valence-electron chi connectivity index (χ4n) is 3.37. The highest BCUT2D eigenvalue weighted by molar-refractivity contribution is 6.37. The van der Waals surface area contributed by atoms with Gasteiger partial charge >= 0.3 is 0 Å². The molecule has 0 spiro atoms. The number of rotatable bonds is 3. The summed E-state index contributed by atoms with van der Waals surface area (Å²) in [4.78, 5) is 15.0. The van der Waals surface area contributed by atoms with Gasteiger partial charge in [0.25, 0.3) is 5.91 Å². The largest absolute Gasteiger partial charge is 0.496 e. The third-order valence-electron chi connectivity index (χ3n) is 4.61. The van der Waals surface area contributed by atoms with Gasteiger partial charge in [-0.15, -0.1) is 0 Å². The maximum atomic E-state index is 13.2. The summed E-state index contributed by atoms with van der Waals surface area (Å²) >= 11 is 0. The van der Waals surface area contributed by atoms with Gasteiger partial charge in [0, 0.05) is 11.3 Å². The molecule has 4 rings (SSSR count). The molecule has 0 saturated carbocycles. The zero-order valence-electron chi connectivity index (χ0n) is 14.8. The van der Waals surface area contributed by atoms with Crippen LogP contribution in [0.15, 0.2) is 72.8 Å². The molecule has 1 amide bonds. The van der Waals surface area contributed by atoms with Crippen LogP contribution in [-0.2, 0) is 4.79 Å². The van der Waals surface area contributed by atoms with Crippen molar-refractivity contribution in [3.63, 3.8) is 0 Å². The molecule has 3 nitrogen and oxygen atoms in total. The fourth-order valence-corrected chi connectivity index (χ4v) is 3.37. The maximum absolute atomic E-state index is 13.2. The van der Waals surface area contributed by atoms with Crippen LogP contribution >= 0.6 is 0 Å². The van der Waals surface area contributed by atoms with Gasteiger partial charge in [0.2, 0.25) is 0 Å². The molecule has 3 aromatic carbocycles. The smallest absolute Gasteiger partial charge is 0.263 e. The summed E-state index contributed by atoms with van der Waals surface area (Å²) in [5, 5.41) is 0. The molecule has 26 heavy (non-hydrogen) atoms. The number of aryl methyl sites for hydroxylation is 1. The summed E-state index contributed by atoms with van der Waals surface area (Å²) in [6, 6.07) is 23.6. The summed E-state index contributed by atoms with van der Waals surface area (Å²) in [5.41, 5.74) is 5.47. The normalized spacial score (nSPS) is 14.6. The molecule has 1 aliphatic rings. The predicted molar refractivity (Wildman–Crippen MR) is 106 cm³/mol. The van der Waals surface area contributed by atoms with Crippen molar-refractivity contribution in [1.82, 2.24) is 0 Å². The Balaban J connectivity index is 1.83. The SMILES string of the molecule is COc1ccc(/C=C2/C(=O)N(c3ccccc3)c3ccccc32)cc1C. The number of ether oxygens (including phenoxy) is 1. The van der Waals surface area contributed by atoms with Crippen LogP contribution in [0, 0.1) is 6.92 Å². The lowest BCUT2D eigenvalue weighted by molar-refractivity contribution is -0.112. The highest BCUT2D eigenvalue weighted by Gasteiger charge is 2.32. The van der Waals surface area contributed by atoms with Crippen molar-refractivity contribution in [3.05, 3.63) is 89.5 Å². The number of hydrogen-bond donors (Lipinski definition) is 0. The second-order valence-electron chi connectivity index (χ2n) is 6.28. The minimum atomic E-state index is -0.00845. The number of carbonyl (C=O) groups is 1. The number of fused-ring (bicyclic) bond motifs is 1. The number of benzene rings is 3. The van der Waals surface area contributed by atoms with Crippen molar-refractivity contribution in [2.24, 2.45) is 0 Å². The van der Waals surface area contributed by atoms with E-state index in [1.807, 2.05) is 85.8 Å². The second-order valence-corrected chi connectivity index (χ2v) is 6.28. The van der Waals surface area contributed by atoms with E-state index in [1.54, 1.807) is 12.0 Å². The average Bonchev–Trinajstić information content (AvgIpc) is 2.94. The van der Waals surface area contributed by atoms with Gasteiger partial charge in [-0.05, 0) is 54.5 Å². The first kappa shape index (κ1) is 16.2. The van der Waals surface area contributed by atoms with E-state index in [-0.39, 0.29) is 5.91 Å². The van der Waals surface area contributed by atoms with Gasteiger partial charge in [-0.1, -0.05) is 42.5 Å². The summed E-state index contributed by atoms with van der Waals surface area (Å²) in [7, 11) is 1.66. The molecule has 128 valence electrons. The number of hydrogen-bond acceptors (Lipinski definition) is 2. The number of nitrogens with zero attached hydrogens (tertiary/aromatic N) is 1. The molecule has 0 bridgehead atoms. The zero-order valence-corrected chi connectivity index (χ0v) is 14.8. The number of para-hydroxylation sites is 2. The molecule has 0 radical (unpaired) electrons. The standard InChI is InChI=1S/C23H19NO2/c1-16-14-17(12-13-22(16)26-2)15-20-19-10-6-7-11-21(19)24(23(20)25)18-8-4-3-5-9-18/h3-15H,1-2H3/b20-15+. The molecule has 3 aromatic rings. The van der Waals surface area contributed by atoms with E-state index in [4.69, 9.17) is 4.74 Å². The third-order valence-corrected chi connectivity index (χ3v) is 4.61. The van der Waals surface area contributed by atoms with Crippen LogP contribution in [0.1, 0.15) is 16.7 Å². The van der Waals surface area contributed by atoms with Gasteiger partial charge in [-0.2, -0.15) is 0 Å². The van der Waals surface area contributed by atoms with E-state index in [2.05, 4.69) is 0 Å². The Morgan fingerprint density at radius 2 is 1.65 bits per heavy atom. The molecular weight excluding hydrogens is 322 g/mol. The number of carbonyl (C=O) groups excluding carboxylic acids is 1. The number of amides is 1. The van der Waals surface area contributed by atoms with Gasteiger partial charge in [-0.3, -0.25) is 9.69 Å². The third kappa shape index (κ3) is 2.68. The van der Waals surface area contributed by atoms with Crippen LogP contribution in [0.3, 0.4) is 0 Å². The van der Waals surface area contributed by atoms with E-state index in [9.17, 15) is 4.79 Å². The quantitative estimate of drug-likeness (QED) is 0.611. The summed E-state index contributed by atoms with van der Waals surface area (Å²) < 4.78 is 5.33. The lowest BCUT2D eigenvalue weighted by Gasteiger charge is -2.16. The number of anilines is 2. The first-order valence-electron chi connectivity index (χ1n) is 8.54. The van der Waals surface area contributed by atoms with E-state index in [1.165, 1.54) is 0 Å². The molecule has 0 fully saturated rings. The van der Waals surface area contributed by atoms with Crippen LogP contribution in [0.5, 0.6) is 5.75 Å². The Morgan fingerprint density at radius 1 is 0.923 bits per heavy atom. The monoisotopic (exact) mass is 341 g/mol. The molecule has 0 unspecified atom stereocenters. The minimum absolute atomic E-state index is 0.00845. The van der Waals surface area contributed by atoms with Crippen LogP contribution in [-0.4, -0.2) is 13.0 Å². The van der Waals surface area contributed by atoms with Crippen molar-refractivity contribution in [2.45, 2.75) is 6.92 Å². The van der Waals surface area contributed by atoms with E-state index in [0.717, 1.165) is 33.8 Å².